The summed E-state index contributed by atoms with van der Waals surface area (Å²) in [4.78, 5) is 14.6. The minimum absolute atomic E-state index is 0.227. The normalized spacial score (nSPS) is 11.6. The molecule has 0 spiro atoms. The van der Waals surface area contributed by atoms with Gasteiger partial charge in [0.05, 0.1) is 11.1 Å². The SMILES string of the molecule is CCCCCCCCN(CCCCCCC)C(=O)c1ccccc1C(F)(F)F. The molecule has 0 heterocycles. The zero-order valence-corrected chi connectivity index (χ0v) is 17.5. The van der Waals surface area contributed by atoms with E-state index < -0.39 is 17.6 Å². The van der Waals surface area contributed by atoms with Gasteiger partial charge in [0.2, 0.25) is 0 Å². The molecule has 1 amide bonds. The molecule has 0 atom stereocenters. The number of alkyl halides is 3. The third-order valence-electron chi connectivity index (χ3n) is 5.06. The summed E-state index contributed by atoms with van der Waals surface area (Å²) in [5.41, 5.74) is -1.06. The van der Waals surface area contributed by atoms with Crippen molar-refractivity contribution in [2.75, 3.05) is 13.1 Å². The van der Waals surface area contributed by atoms with Crippen molar-refractivity contribution in [2.24, 2.45) is 0 Å². The van der Waals surface area contributed by atoms with Gasteiger partial charge in [0.25, 0.3) is 5.91 Å². The zero-order chi connectivity index (χ0) is 20.8. The van der Waals surface area contributed by atoms with E-state index in [4.69, 9.17) is 0 Å². The number of unbranched alkanes of at least 4 members (excludes halogenated alkanes) is 9. The van der Waals surface area contributed by atoms with Gasteiger partial charge in [-0.15, -0.1) is 0 Å². The van der Waals surface area contributed by atoms with Crippen LogP contribution in [0, 0.1) is 0 Å². The first-order valence-corrected chi connectivity index (χ1v) is 10.9. The number of carbonyl (C=O) groups is 1. The Kier molecular flexibility index (Phi) is 11.9. The number of hydrogen-bond donors (Lipinski definition) is 0. The highest BCUT2D eigenvalue weighted by Crippen LogP contribution is 2.32. The fourth-order valence-electron chi connectivity index (χ4n) is 3.39. The van der Waals surface area contributed by atoms with Gasteiger partial charge in [0, 0.05) is 13.1 Å². The van der Waals surface area contributed by atoms with Gasteiger partial charge < -0.3 is 4.90 Å². The molecule has 0 saturated carbocycles. The molecule has 0 N–H and O–H groups in total. The van der Waals surface area contributed by atoms with E-state index in [1.165, 1.54) is 37.5 Å². The molecule has 0 aliphatic heterocycles. The predicted molar refractivity (Wildman–Crippen MR) is 109 cm³/mol. The van der Waals surface area contributed by atoms with Crippen LogP contribution in [-0.4, -0.2) is 23.9 Å². The number of benzene rings is 1. The molecule has 1 rings (SSSR count). The van der Waals surface area contributed by atoms with Crippen LogP contribution in [0.1, 0.15) is 100 Å². The fraction of sp³-hybridized carbons (Fsp3) is 0.696. The maximum atomic E-state index is 13.3. The van der Waals surface area contributed by atoms with Crippen molar-refractivity contribution < 1.29 is 18.0 Å². The number of rotatable bonds is 14. The molecule has 28 heavy (non-hydrogen) atoms. The second-order valence-electron chi connectivity index (χ2n) is 7.52. The van der Waals surface area contributed by atoms with Gasteiger partial charge in [-0.25, -0.2) is 0 Å². The maximum Gasteiger partial charge on any atom is 0.417 e. The van der Waals surface area contributed by atoms with Gasteiger partial charge in [-0.2, -0.15) is 13.2 Å². The van der Waals surface area contributed by atoms with Crippen LogP contribution in [0.25, 0.3) is 0 Å². The molecule has 1 aromatic rings. The molecular weight excluding hydrogens is 363 g/mol. The van der Waals surface area contributed by atoms with Crippen LogP contribution >= 0.6 is 0 Å². The second kappa shape index (κ2) is 13.6. The van der Waals surface area contributed by atoms with E-state index in [-0.39, 0.29) is 5.56 Å². The molecule has 1 aromatic carbocycles. The molecule has 0 aliphatic carbocycles. The lowest BCUT2D eigenvalue weighted by Crippen LogP contribution is -2.34. The zero-order valence-electron chi connectivity index (χ0n) is 17.5. The molecule has 160 valence electrons. The Hall–Kier alpha value is -1.52. The molecule has 0 saturated heterocycles. The van der Waals surface area contributed by atoms with Gasteiger partial charge in [-0.1, -0.05) is 83.8 Å². The summed E-state index contributed by atoms with van der Waals surface area (Å²) < 4.78 is 40.0. The topological polar surface area (TPSA) is 20.3 Å². The lowest BCUT2D eigenvalue weighted by molar-refractivity contribution is -0.138. The Morgan fingerprint density at radius 1 is 0.786 bits per heavy atom. The lowest BCUT2D eigenvalue weighted by Gasteiger charge is -2.24. The van der Waals surface area contributed by atoms with Crippen LogP contribution in [0.15, 0.2) is 24.3 Å². The van der Waals surface area contributed by atoms with Crippen LogP contribution in [0.4, 0.5) is 13.2 Å². The first kappa shape index (κ1) is 24.5. The standard InChI is InChI=1S/C23H36F3NO/c1-3-5-7-9-11-15-19-27(18-14-10-8-6-4-2)22(28)20-16-12-13-17-21(20)23(24,25)26/h12-13,16-17H,3-11,14-15,18-19H2,1-2H3. The van der Waals surface area contributed by atoms with E-state index in [1.54, 1.807) is 4.90 Å². The van der Waals surface area contributed by atoms with Crippen molar-refractivity contribution in [1.82, 2.24) is 4.90 Å². The van der Waals surface area contributed by atoms with E-state index in [0.717, 1.165) is 57.4 Å². The van der Waals surface area contributed by atoms with Crippen LogP contribution in [0.3, 0.4) is 0 Å². The highest BCUT2D eigenvalue weighted by Gasteiger charge is 2.35. The van der Waals surface area contributed by atoms with Gasteiger partial charge in [-0.3, -0.25) is 4.79 Å². The summed E-state index contributed by atoms with van der Waals surface area (Å²) in [5.74, 6) is -0.489. The Labute approximate surface area is 168 Å². The van der Waals surface area contributed by atoms with Crippen molar-refractivity contribution in [3.8, 4) is 0 Å². The van der Waals surface area contributed by atoms with Gasteiger partial charge in [0.1, 0.15) is 0 Å². The predicted octanol–water partition coefficient (Wildman–Crippen LogP) is 7.48. The molecule has 2 nitrogen and oxygen atoms in total. The smallest absolute Gasteiger partial charge is 0.339 e. The Morgan fingerprint density at radius 2 is 1.25 bits per heavy atom. The molecule has 0 unspecified atom stereocenters. The maximum absolute atomic E-state index is 13.3. The van der Waals surface area contributed by atoms with E-state index in [1.807, 2.05) is 0 Å². The summed E-state index contributed by atoms with van der Waals surface area (Å²) in [5, 5.41) is 0. The number of amides is 1. The van der Waals surface area contributed by atoms with Crippen molar-refractivity contribution in [3.05, 3.63) is 35.4 Å². The molecule has 5 heteroatoms. The van der Waals surface area contributed by atoms with Gasteiger partial charge in [0.15, 0.2) is 0 Å². The van der Waals surface area contributed by atoms with Crippen LogP contribution < -0.4 is 0 Å². The van der Waals surface area contributed by atoms with Crippen LogP contribution in [0.2, 0.25) is 0 Å². The minimum Gasteiger partial charge on any atom is -0.339 e. The average Bonchev–Trinajstić information content (AvgIpc) is 2.67. The Morgan fingerprint density at radius 3 is 1.75 bits per heavy atom. The Balaban J connectivity index is 2.75. The molecule has 0 radical (unpaired) electrons. The second-order valence-corrected chi connectivity index (χ2v) is 7.52. The molecule has 0 aliphatic rings. The largest absolute Gasteiger partial charge is 0.417 e. The Bertz CT molecular complexity index is 557. The minimum atomic E-state index is -4.51. The number of halogens is 3. The molecule has 0 aromatic heterocycles. The molecule has 0 fully saturated rings. The highest BCUT2D eigenvalue weighted by molar-refractivity contribution is 5.95. The number of nitrogens with zero attached hydrogens (tertiary/aromatic N) is 1. The van der Waals surface area contributed by atoms with Gasteiger partial charge in [-0.05, 0) is 25.0 Å². The summed E-state index contributed by atoms with van der Waals surface area (Å²) in [6.45, 7) is 5.37. The summed E-state index contributed by atoms with van der Waals surface area (Å²) >= 11 is 0. The first-order chi connectivity index (χ1) is 13.4. The summed E-state index contributed by atoms with van der Waals surface area (Å²) in [7, 11) is 0. The third-order valence-corrected chi connectivity index (χ3v) is 5.06. The van der Waals surface area contributed by atoms with Crippen molar-refractivity contribution in [2.45, 2.75) is 90.7 Å². The van der Waals surface area contributed by atoms with Crippen molar-refractivity contribution in [1.29, 1.82) is 0 Å². The quantitative estimate of drug-likeness (QED) is 0.297. The monoisotopic (exact) mass is 399 g/mol. The van der Waals surface area contributed by atoms with E-state index in [9.17, 15) is 18.0 Å². The summed E-state index contributed by atoms with van der Waals surface area (Å²) in [6.07, 6.45) is 7.28. The van der Waals surface area contributed by atoms with Crippen molar-refractivity contribution >= 4 is 5.91 Å². The fourth-order valence-corrected chi connectivity index (χ4v) is 3.39. The van der Waals surface area contributed by atoms with Crippen molar-refractivity contribution in [3.63, 3.8) is 0 Å². The lowest BCUT2D eigenvalue weighted by atomic mass is 10.0. The summed E-state index contributed by atoms with van der Waals surface area (Å²) in [6, 6.07) is 5.14. The van der Waals surface area contributed by atoms with E-state index in [2.05, 4.69) is 13.8 Å². The molecule has 0 bridgehead atoms. The van der Waals surface area contributed by atoms with Crippen LogP contribution in [0.5, 0.6) is 0 Å². The van der Waals surface area contributed by atoms with E-state index in [0.29, 0.717) is 13.1 Å². The third kappa shape index (κ3) is 9.11. The van der Waals surface area contributed by atoms with Gasteiger partial charge >= 0.3 is 6.18 Å². The molecular formula is C23H36F3NO. The highest BCUT2D eigenvalue weighted by atomic mass is 19.4. The van der Waals surface area contributed by atoms with E-state index >= 15 is 0 Å². The number of hydrogen-bond acceptors (Lipinski definition) is 1. The van der Waals surface area contributed by atoms with Crippen LogP contribution in [-0.2, 0) is 6.18 Å². The average molecular weight is 400 g/mol. The number of carbonyl (C=O) groups excluding carboxylic acids is 1. The first-order valence-electron chi connectivity index (χ1n) is 10.9.